The summed E-state index contributed by atoms with van der Waals surface area (Å²) in [5, 5.41) is 2.91. The zero-order valence-corrected chi connectivity index (χ0v) is 11.1. The first-order valence-corrected chi connectivity index (χ1v) is 6.63. The average Bonchev–Trinajstić information content (AvgIpc) is 2.18. The van der Waals surface area contributed by atoms with Gasteiger partial charge in [0.1, 0.15) is 0 Å². The lowest BCUT2D eigenvalue weighted by Gasteiger charge is -2.04. The summed E-state index contributed by atoms with van der Waals surface area (Å²) in [5.41, 5.74) is 2.29. The molecule has 0 saturated carbocycles. The van der Waals surface area contributed by atoms with Crippen molar-refractivity contribution < 1.29 is 4.79 Å². The fourth-order valence-electron chi connectivity index (χ4n) is 1.36. The molecule has 1 aromatic carbocycles. The Morgan fingerprint density at radius 2 is 2.27 bits per heavy atom. The maximum absolute atomic E-state index is 11.5. The maximum Gasteiger partial charge on any atom is 0.224 e. The van der Waals surface area contributed by atoms with Gasteiger partial charge in [-0.05, 0) is 18.9 Å². The standard InChI is InChI=1S/C12H16INO/c1-10-4-2-5-11(8-10)9-12(15)14-7-3-6-13/h2,4-5,8H,3,6-7,9H2,1H3,(H,14,15). The number of rotatable bonds is 5. The predicted molar refractivity (Wildman–Crippen MR) is 71.4 cm³/mol. The Morgan fingerprint density at radius 3 is 2.93 bits per heavy atom. The summed E-state index contributed by atoms with van der Waals surface area (Å²) in [4.78, 5) is 11.5. The first kappa shape index (κ1) is 12.5. The summed E-state index contributed by atoms with van der Waals surface area (Å²) in [5.74, 6) is 0.116. The van der Waals surface area contributed by atoms with E-state index in [1.54, 1.807) is 0 Å². The number of aryl methyl sites for hydroxylation is 1. The van der Waals surface area contributed by atoms with Crippen LogP contribution in [0.25, 0.3) is 0 Å². The van der Waals surface area contributed by atoms with Gasteiger partial charge in [0.25, 0.3) is 0 Å². The molecule has 1 amide bonds. The number of hydrogen-bond acceptors (Lipinski definition) is 1. The maximum atomic E-state index is 11.5. The van der Waals surface area contributed by atoms with Crippen molar-refractivity contribution >= 4 is 28.5 Å². The Balaban J connectivity index is 2.37. The highest BCUT2D eigenvalue weighted by Gasteiger charge is 2.01. The number of halogens is 1. The van der Waals surface area contributed by atoms with E-state index in [2.05, 4.69) is 34.0 Å². The lowest BCUT2D eigenvalue weighted by atomic mass is 10.1. The Kier molecular flexibility index (Phi) is 5.68. The first-order valence-electron chi connectivity index (χ1n) is 5.10. The van der Waals surface area contributed by atoms with Crippen molar-refractivity contribution in [1.82, 2.24) is 5.32 Å². The number of amides is 1. The second-order valence-corrected chi connectivity index (χ2v) is 4.64. The van der Waals surface area contributed by atoms with Crippen LogP contribution in [0, 0.1) is 6.92 Å². The minimum Gasteiger partial charge on any atom is -0.356 e. The summed E-state index contributed by atoms with van der Waals surface area (Å²) in [6, 6.07) is 8.07. The van der Waals surface area contributed by atoms with E-state index in [-0.39, 0.29) is 5.91 Å². The molecule has 2 nitrogen and oxygen atoms in total. The molecule has 0 radical (unpaired) electrons. The summed E-state index contributed by atoms with van der Waals surface area (Å²) in [6.45, 7) is 2.82. The Hall–Kier alpha value is -0.580. The zero-order chi connectivity index (χ0) is 11.1. The number of nitrogens with one attached hydrogen (secondary N) is 1. The normalized spacial score (nSPS) is 10.0. The monoisotopic (exact) mass is 317 g/mol. The van der Waals surface area contributed by atoms with Gasteiger partial charge >= 0.3 is 0 Å². The molecule has 0 aliphatic heterocycles. The van der Waals surface area contributed by atoms with Gasteiger partial charge in [-0.25, -0.2) is 0 Å². The van der Waals surface area contributed by atoms with Crippen LogP contribution < -0.4 is 5.32 Å². The highest BCUT2D eigenvalue weighted by molar-refractivity contribution is 14.1. The summed E-state index contributed by atoms with van der Waals surface area (Å²) in [7, 11) is 0. The first-order chi connectivity index (χ1) is 7.22. The smallest absolute Gasteiger partial charge is 0.224 e. The summed E-state index contributed by atoms with van der Waals surface area (Å²) >= 11 is 2.31. The average molecular weight is 317 g/mol. The van der Waals surface area contributed by atoms with E-state index in [4.69, 9.17) is 0 Å². The third kappa shape index (κ3) is 5.16. The largest absolute Gasteiger partial charge is 0.356 e. The van der Waals surface area contributed by atoms with Gasteiger partial charge in [0.05, 0.1) is 6.42 Å². The summed E-state index contributed by atoms with van der Waals surface area (Å²) in [6.07, 6.45) is 1.53. The lowest BCUT2D eigenvalue weighted by molar-refractivity contribution is -0.120. The van der Waals surface area contributed by atoms with Crippen LogP contribution in [-0.4, -0.2) is 16.9 Å². The minimum absolute atomic E-state index is 0.116. The highest BCUT2D eigenvalue weighted by atomic mass is 127. The van der Waals surface area contributed by atoms with Gasteiger partial charge in [-0.2, -0.15) is 0 Å². The van der Waals surface area contributed by atoms with Crippen LogP contribution in [0.15, 0.2) is 24.3 Å². The molecule has 1 rings (SSSR count). The third-order valence-electron chi connectivity index (χ3n) is 2.08. The van der Waals surface area contributed by atoms with Gasteiger partial charge in [0, 0.05) is 11.0 Å². The number of benzene rings is 1. The molecule has 0 bridgehead atoms. The van der Waals surface area contributed by atoms with Crippen LogP contribution in [0.3, 0.4) is 0 Å². The van der Waals surface area contributed by atoms with Crippen molar-refractivity contribution in [3.05, 3.63) is 35.4 Å². The van der Waals surface area contributed by atoms with E-state index in [9.17, 15) is 4.79 Å². The van der Waals surface area contributed by atoms with Crippen molar-refractivity contribution in [1.29, 1.82) is 0 Å². The molecular formula is C12H16INO. The molecular weight excluding hydrogens is 301 g/mol. The SMILES string of the molecule is Cc1cccc(CC(=O)NCCCI)c1. The van der Waals surface area contributed by atoms with E-state index in [1.165, 1.54) is 5.56 Å². The molecule has 0 heterocycles. The quantitative estimate of drug-likeness (QED) is 0.505. The molecule has 3 heteroatoms. The van der Waals surface area contributed by atoms with Gasteiger partial charge in [0.2, 0.25) is 5.91 Å². The second-order valence-electron chi connectivity index (χ2n) is 3.56. The number of carbonyl (C=O) groups excluding carboxylic acids is 1. The van der Waals surface area contributed by atoms with Crippen LogP contribution in [-0.2, 0) is 11.2 Å². The van der Waals surface area contributed by atoms with Crippen molar-refractivity contribution in [2.75, 3.05) is 11.0 Å². The minimum atomic E-state index is 0.116. The van der Waals surface area contributed by atoms with Crippen LogP contribution >= 0.6 is 22.6 Å². The second kappa shape index (κ2) is 6.82. The molecule has 0 spiro atoms. The number of alkyl halides is 1. The topological polar surface area (TPSA) is 29.1 Å². The fourth-order valence-corrected chi connectivity index (χ4v) is 1.75. The molecule has 82 valence electrons. The van der Waals surface area contributed by atoms with E-state index in [0.29, 0.717) is 6.42 Å². The summed E-state index contributed by atoms with van der Waals surface area (Å²) < 4.78 is 1.09. The third-order valence-corrected chi connectivity index (χ3v) is 2.84. The Morgan fingerprint density at radius 1 is 1.47 bits per heavy atom. The van der Waals surface area contributed by atoms with Crippen molar-refractivity contribution in [2.24, 2.45) is 0 Å². The predicted octanol–water partition coefficient (Wildman–Crippen LogP) is 2.48. The Labute approximate surface area is 105 Å². The van der Waals surface area contributed by atoms with E-state index >= 15 is 0 Å². The van der Waals surface area contributed by atoms with Crippen molar-refractivity contribution in [3.63, 3.8) is 0 Å². The molecule has 15 heavy (non-hydrogen) atoms. The van der Waals surface area contributed by atoms with Gasteiger partial charge < -0.3 is 5.32 Å². The van der Waals surface area contributed by atoms with Crippen LogP contribution in [0.4, 0.5) is 0 Å². The molecule has 0 atom stereocenters. The number of hydrogen-bond donors (Lipinski definition) is 1. The highest BCUT2D eigenvalue weighted by Crippen LogP contribution is 2.04. The van der Waals surface area contributed by atoms with E-state index < -0.39 is 0 Å². The van der Waals surface area contributed by atoms with Crippen molar-refractivity contribution in [2.45, 2.75) is 19.8 Å². The van der Waals surface area contributed by atoms with Gasteiger partial charge in [-0.1, -0.05) is 52.4 Å². The molecule has 0 unspecified atom stereocenters. The molecule has 1 aromatic rings. The lowest BCUT2D eigenvalue weighted by Crippen LogP contribution is -2.26. The Bertz CT molecular complexity index is 325. The van der Waals surface area contributed by atoms with Crippen LogP contribution in [0.1, 0.15) is 17.5 Å². The van der Waals surface area contributed by atoms with Gasteiger partial charge in [-0.15, -0.1) is 0 Å². The molecule has 0 aromatic heterocycles. The zero-order valence-electron chi connectivity index (χ0n) is 8.92. The van der Waals surface area contributed by atoms with E-state index in [0.717, 1.165) is 23.0 Å². The van der Waals surface area contributed by atoms with Gasteiger partial charge in [-0.3, -0.25) is 4.79 Å². The van der Waals surface area contributed by atoms with Crippen molar-refractivity contribution in [3.8, 4) is 0 Å². The van der Waals surface area contributed by atoms with Gasteiger partial charge in [0.15, 0.2) is 0 Å². The van der Waals surface area contributed by atoms with E-state index in [1.807, 2.05) is 25.1 Å². The fraction of sp³-hybridized carbons (Fsp3) is 0.417. The molecule has 0 saturated heterocycles. The van der Waals surface area contributed by atoms with Crippen LogP contribution in [0.2, 0.25) is 0 Å². The molecule has 0 fully saturated rings. The molecule has 0 aliphatic carbocycles. The molecule has 1 N–H and O–H groups in total. The number of carbonyl (C=O) groups is 1. The molecule has 0 aliphatic rings. The van der Waals surface area contributed by atoms with Crippen LogP contribution in [0.5, 0.6) is 0 Å².